The summed E-state index contributed by atoms with van der Waals surface area (Å²) in [6.07, 6.45) is -4.68. The van der Waals surface area contributed by atoms with Gasteiger partial charge in [-0.05, 0) is 20.2 Å². The Bertz CT molecular complexity index is 936. The minimum absolute atomic E-state index is 0.125. The number of aromatic amines is 1. The van der Waals surface area contributed by atoms with Gasteiger partial charge in [0.1, 0.15) is 0 Å². The Kier molecular flexibility index (Phi) is 4.21. The molecular weight excluding hydrogens is 367 g/mol. The van der Waals surface area contributed by atoms with Crippen molar-refractivity contribution in [2.45, 2.75) is 17.1 Å². The van der Waals surface area contributed by atoms with E-state index in [-0.39, 0.29) is 21.8 Å². The highest BCUT2D eigenvalue weighted by Gasteiger charge is 2.37. The molecule has 1 aromatic heterocycles. The van der Waals surface area contributed by atoms with E-state index >= 15 is 0 Å². The molecule has 1 N–H and O–H groups in total. The Morgan fingerprint density at radius 1 is 1.42 bits per heavy atom. The van der Waals surface area contributed by atoms with Gasteiger partial charge in [-0.3, -0.25) is 14.3 Å². The highest BCUT2D eigenvalue weighted by Crippen LogP contribution is 2.45. The minimum atomic E-state index is -4.68. The second-order valence-corrected chi connectivity index (χ2v) is 7.23. The molecule has 5 nitrogen and oxygen atoms in total. The summed E-state index contributed by atoms with van der Waals surface area (Å²) in [5.41, 5.74) is -2.39. The molecule has 0 fully saturated rings. The molecule has 1 atom stereocenters. The van der Waals surface area contributed by atoms with Crippen molar-refractivity contribution in [3.8, 4) is 0 Å². The zero-order chi connectivity index (χ0) is 17.8. The lowest BCUT2D eigenvalue weighted by Gasteiger charge is -2.30. The number of halogens is 4. The van der Waals surface area contributed by atoms with Crippen molar-refractivity contribution in [3.63, 3.8) is 0 Å². The molecule has 1 aliphatic heterocycles. The number of aromatic nitrogens is 2. The fraction of sp³-hybridized carbons (Fsp3) is 0.429. The summed E-state index contributed by atoms with van der Waals surface area (Å²) in [6, 6.07) is 0.436. The van der Waals surface area contributed by atoms with Crippen LogP contribution >= 0.6 is 23.4 Å². The smallest absolute Gasteiger partial charge is 0.307 e. The summed E-state index contributed by atoms with van der Waals surface area (Å²) >= 11 is 7.09. The number of alkyl halides is 3. The van der Waals surface area contributed by atoms with Gasteiger partial charge >= 0.3 is 11.9 Å². The number of hydrogen-bond donors (Lipinski definition) is 1. The van der Waals surface area contributed by atoms with E-state index in [1.165, 1.54) is 4.57 Å². The highest BCUT2D eigenvalue weighted by molar-refractivity contribution is 7.99. The molecule has 0 saturated heterocycles. The van der Waals surface area contributed by atoms with Crippen LogP contribution in [0, 0.1) is 0 Å². The standard InChI is InChI=1S/C14H13ClF3N3O2S/c1-20(2)4-6-5-24-11-9(15)8(14(16,17)18)3-7-10(11)21(6)13(23)19-12(7)22/h3,6H,4-5H2,1-2H3,(H,19,22,23)/t6-/m0/s1. The Morgan fingerprint density at radius 3 is 2.67 bits per heavy atom. The maximum Gasteiger partial charge on any atom is 0.417 e. The Morgan fingerprint density at radius 2 is 2.08 bits per heavy atom. The van der Waals surface area contributed by atoms with Crippen LogP contribution in [0.25, 0.3) is 10.9 Å². The average molecular weight is 380 g/mol. The van der Waals surface area contributed by atoms with E-state index < -0.39 is 28.0 Å². The molecule has 0 aliphatic carbocycles. The molecule has 0 saturated carbocycles. The molecule has 3 rings (SSSR count). The van der Waals surface area contributed by atoms with Crippen LogP contribution in [0.2, 0.25) is 5.02 Å². The molecule has 0 bridgehead atoms. The van der Waals surface area contributed by atoms with Gasteiger partial charge in [0, 0.05) is 12.3 Å². The first-order chi connectivity index (χ1) is 11.1. The molecule has 0 spiro atoms. The SMILES string of the molecule is CN(C)C[C@H]1CSc2c(Cl)c(C(F)(F)F)cc3c(=O)[nH]c(=O)n1c23. The first kappa shape index (κ1) is 17.4. The summed E-state index contributed by atoms with van der Waals surface area (Å²) in [6.45, 7) is 0.506. The zero-order valence-corrected chi connectivity index (χ0v) is 14.3. The summed E-state index contributed by atoms with van der Waals surface area (Å²) < 4.78 is 40.9. The molecule has 24 heavy (non-hydrogen) atoms. The van der Waals surface area contributed by atoms with Gasteiger partial charge < -0.3 is 4.90 Å². The van der Waals surface area contributed by atoms with Gasteiger partial charge in [0.2, 0.25) is 0 Å². The van der Waals surface area contributed by atoms with E-state index in [9.17, 15) is 22.8 Å². The van der Waals surface area contributed by atoms with Crippen molar-refractivity contribution in [2.24, 2.45) is 0 Å². The second-order valence-electron chi connectivity index (χ2n) is 5.82. The van der Waals surface area contributed by atoms with Gasteiger partial charge in [0.15, 0.2) is 0 Å². The summed E-state index contributed by atoms with van der Waals surface area (Å²) in [4.78, 5) is 28.4. The van der Waals surface area contributed by atoms with E-state index in [4.69, 9.17) is 11.6 Å². The van der Waals surface area contributed by atoms with Crippen LogP contribution in [-0.4, -0.2) is 40.8 Å². The highest BCUT2D eigenvalue weighted by atomic mass is 35.5. The van der Waals surface area contributed by atoms with Crippen LogP contribution in [0.5, 0.6) is 0 Å². The predicted molar refractivity (Wildman–Crippen MR) is 87.2 cm³/mol. The van der Waals surface area contributed by atoms with E-state index in [1.54, 1.807) is 0 Å². The van der Waals surface area contributed by atoms with Crippen molar-refractivity contribution in [1.29, 1.82) is 0 Å². The fourth-order valence-corrected chi connectivity index (χ4v) is 4.47. The molecule has 130 valence electrons. The third-order valence-electron chi connectivity index (χ3n) is 3.79. The van der Waals surface area contributed by atoms with Gasteiger partial charge in [0.05, 0.1) is 32.4 Å². The normalized spacial score (nSPS) is 17.7. The molecule has 0 radical (unpaired) electrons. The topological polar surface area (TPSA) is 58.1 Å². The monoisotopic (exact) mass is 379 g/mol. The predicted octanol–water partition coefficient (Wildman–Crippen LogP) is 2.57. The Balaban J connectivity index is 2.42. The molecule has 2 heterocycles. The quantitative estimate of drug-likeness (QED) is 0.871. The van der Waals surface area contributed by atoms with Crippen LogP contribution in [0.3, 0.4) is 0 Å². The van der Waals surface area contributed by atoms with Gasteiger partial charge in [-0.2, -0.15) is 13.2 Å². The van der Waals surface area contributed by atoms with E-state index in [2.05, 4.69) is 4.98 Å². The van der Waals surface area contributed by atoms with E-state index in [0.717, 1.165) is 11.8 Å². The molecule has 1 aromatic carbocycles. The number of rotatable bonds is 2. The zero-order valence-electron chi connectivity index (χ0n) is 12.7. The van der Waals surface area contributed by atoms with Crippen molar-refractivity contribution in [3.05, 3.63) is 37.5 Å². The number of benzene rings is 1. The van der Waals surface area contributed by atoms with E-state index in [0.29, 0.717) is 18.4 Å². The Labute approximate surface area is 143 Å². The van der Waals surface area contributed by atoms with Crippen molar-refractivity contribution < 1.29 is 13.2 Å². The number of thioether (sulfide) groups is 1. The molecule has 2 aromatic rings. The maximum absolute atomic E-state index is 13.2. The number of nitrogens with one attached hydrogen (secondary N) is 1. The number of likely N-dealkylation sites (N-methyl/N-ethyl adjacent to an activating group) is 1. The first-order valence-corrected chi connectivity index (χ1v) is 8.33. The largest absolute Gasteiger partial charge is 0.417 e. The minimum Gasteiger partial charge on any atom is -0.307 e. The van der Waals surface area contributed by atoms with Crippen molar-refractivity contribution >= 4 is 34.3 Å². The number of H-pyrrole nitrogens is 1. The molecular formula is C14H13ClF3N3O2S. The van der Waals surface area contributed by atoms with Crippen LogP contribution in [0.1, 0.15) is 11.6 Å². The summed E-state index contributed by atoms with van der Waals surface area (Å²) in [5, 5.41) is -0.653. The van der Waals surface area contributed by atoms with Gasteiger partial charge in [-0.1, -0.05) is 11.6 Å². The molecule has 0 unspecified atom stereocenters. The van der Waals surface area contributed by atoms with Gasteiger partial charge in [-0.15, -0.1) is 11.8 Å². The maximum atomic E-state index is 13.2. The number of hydrogen-bond acceptors (Lipinski definition) is 4. The molecule has 10 heteroatoms. The van der Waals surface area contributed by atoms with Gasteiger partial charge in [-0.25, -0.2) is 4.79 Å². The lowest BCUT2D eigenvalue weighted by molar-refractivity contribution is -0.137. The summed E-state index contributed by atoms with van der Waals surface area (Å²) in [5.74, 6) is 0.382. The fourth-order valence-electron chi connectivity index (χ4n) is 2.86. The van der Waals surface area contributed by atoms with Crippen LogP contribution in [0.15, 0.2) is 20.6 Å². The molecule has 1 aliphatic rings. The first-order valence-electron chi connectivity index (χ1n) is 6.97. The third kappa shape index (κ3) is 2.74. The van der Waals surface area contributed by atoms with Crippen LogP contribution in [-0.2, 0) is 6.18 Å². The van der Waals surface area contributed by atoms with Crippen LogP contribution < -0.4 is 11.2 Å². The summed E-state index contributed by atoms with van der Waals surface area (Å²) in [7, 11) is 3.65. The van der Waals surface area contributed by atoms with E-state index in [1.807, 2.05) is 19.0 Å². The lowest BCUT2D eigenvalue weighted by Crippen LogP contribution is -2.39. The second kappa shape index (κ2) is 5.82. The van der Waals surface area contributed by atoms with Crippen molar-refractivity contribution in [1.82, 2.24) is 14.5 Å². The van der Waals surface area contributed by atoms with Crippen LogP contribution in [0.4, 0.5) is 13.2 Å². The molecule has 0 amide bonds. The Hall–Kier alpha value is -1.45. The van der Waals surface area contributed by atoms with Gasteiger partial charge in [0.25, 0.3) is 5.56 Å². The average Bonchev–Trinajstić information content (AvgIpc) is 2.44. The third-order valence-corrected chi connectivity index (χ3v) is 5.53. The van der Waals surface area contributed by atoms with Crippen molar-refractivity contribution in [2.75, 3.05) is 26.4 Å². The number of nitrogens with zero attached hydrogens (tertiary/aromatic N) is 2. The lowest BCUT2D eigenvalue weighted by atomic mass is 10.1.